The predicted octanol–water partition coefficient (Wildman–Crippen LogP) is 4.68. The van der Waals surface area contributed by atoms with Gasteiger partial charge in [0.25, 0.3) is 5.91 Å². The van der Waals surface area contributed by atoms with E-state index in [1.807, 2.05) is 36.4 Å². The molecular formula is C33H34FN5O4. The van der Waals surface area contributed by atoms with E-state index in [2.05, 4.69) is 15.1 Å². The summed E-state index contributed by atoms with van der Waals surface area (Å²) < 4.78 is 24.1. The van der Waals surface area contributed by atoms with E-state index in [9.17, 15) is 14.0 Å². The summed E-state index contributed by atoms with van der Waals surface area (Å²) in [6.07, 6.45) is 0.743. The minimum atomic E-state index is -0.362. The zero-order valence-corrected chi connectivity index (χ0v) is 24.3. The van der Waals surface area contributed by atoms with Gasteiger partial charge in [-0.05, 0) is 66.6 Å². The molecule has 2 heterocycles. The van der Waals surface area contributed by atoms with E-state index in [1.54, 1.807) is 48.4 Å². The minimum Gasteiger partial charge on any atom is -0.497 e. The van der Waals surface area contributed by atoms with Crippen LogP contribution in [0.15, 0.2) is 84.9 Å². The summed E-state index contributed by atoms with van der Waals surface area (Å²) in [6, 6.07) is 24.3. The molecule has 222 valence electrons. The van der Waals surface area contributed by atoms with Crippen LogP contribution in [-0.4, -0.2) is 78.8 Å². The van der Waals surface area contributed by atoms with Gasteiger partial charge < -0.3 is 24.2 Å². The number of benzene rings is 3. The van der Waals surface area contributed by atoms with E-state index >= 15 is 0 Å². The first-order valence-electron chi connectivity index (χ1n) is 14.1. The molecule has 1 aliphatic heterocycles. The molecular weight excluding hydrogens is 549 g/mol. The van der Waals surface area contributed by atoms with Gasteiger partial charge in [0.05, 0.1) is 19.9 Å². The van der Waals surface area contributed by atoms with Crippen LogP contribution in [0.25, 0.3) is 11.3 Å². The van der Waals surface area contributed by atoms with E-state index < -0.39 is 0 Å². The number of aromatic nitrogens is 2. The van der Waals surface area contributed by atoms with Crippen molar-refractivity contribution in [3.63, 3.8) is 0 Å². The van der Waals surface area contributed by atoms with Crippen molar-refractivity contribution < 1.29 is 23.5 Å². The highest BCUT2D eigenvalue weighted by Crippen LogP contribution is 2.23. The van der Waals surface area contributed by atoms with Crippen molar-refractivity contribution in [1.82, 2.24) is 20.0 Å². The fraction of sp³-hybridized carbons (Fsp3) is 0.273. The summed E-state index contributed by atoms with van der Waals surface area (Å²) in [4.78, 5) is 32.5. The van der Waals surface area contributed by atoms with Crippen LogP contribution < -0.4 is 14.4 Å². The average molecular weight is 584 g/mol. The van der Waals surface area contributed by atoms with Crippen LogP contribution in [0.5, 0.6) is 11.5 Å². The molecule has 0 N–H and O–H groups in total. The molecule has 0 spiro atoms. The monoisotopic (exact) mass is 583 g/mol. The van der Waals surface area contributed by atoms with Gasteiger partial charge in [0.2, 0.25) is 5.91 Å². The van der Waals surface area contributed by atoms with Gasteiger partial charge in [-0.25, -0.2) is 4.39 Å². The standard InChI is InChI=1S/C33H34FN5O4/c1-42-28-8-3-6-25(20-28)30-14-15-31(36-35-30)37-16-5-17-38(19-18-37)32(40)23-39(22-24-10-12-27(34)13-11-24)33(41)26-7-4-9-29(21-26)43-2/h3-4,6-15,20-21H,5,16-19,22-23H2,1-2H3. The lowest BCUT2D eigenvalue weighted by molar-refractivity contribution is -0.131. The van der Waals surface area contributed by atoms with Crippen LogP contribution in [0.2, 0.25) is 0 Å². The Bertz CT molecular complexity index is 1550. The molecule has 0 radical (unpaired) electrons. The Morgan fingerprint density at radius 1 is 0.837 bits per heavy atom. The number of methoxy groups -OCH3 is 2. The highest BCUT2D eigenvalue weighted by Gasteiger charge is 2.25. The molecule has 0 atom stereocenters. The maximum atomic E-state index is 13.6. The van der Waals surface area contributed by atoms with Gasteiger partial charge in [-0.15, -0.1) is 10.2 Å². The third kappa shape index (κ3) is 7.45. The van der Waals surface area contributed by atoms with Gasteiger partial charge in [0.15, 0.2) is 5.82 Å². The van der Waals surface area contributed by atoms with E-state index in [0.717, 1.165) is 41.4 Å². The molecule has 0 saturated carbocycles. The molecule has 4 aromatic rings. The Balaban J connectivity index is 1.26. The highest BCUT2D eigenvalue weighted by molar-refractivity contribution is 5.96. The maximum absolute atomic E-state index is 13.6. The van der Waals surface area contributed by atoms with Gasteiger partial charge in [-0.3, -0.25) is 9.59 Å². The number of carbonyl (C=O) groups excluding carboxylic acids is 2. The second-order valence-corrected chi connectivity index (χ2v) is 10.2. The molecule has 1 saturated heterocycles. The molecule has 1 fully saturated rings. The van der Waals surface area contributed by atoms with Crippen LogP contribution in [-0.2, 0) is 11.3 Å². The molecule has 1 aromatic heterocycles. The van der Waals surface area contributed by atoms with Gasteiger partial charge in [0, 0.05) is 43.9 Å². The lowest BCUT2D eigenvalue weighted by atomic mass is 10.1. The number of hydrogen-bond acceptors (Lipinski definition) is 7. The zero-order valence-electron chi connectivity index (χ0n) is 24.3. The first-order chi connectivity index (χ1) is 20.9. The van der Waals surface area contributed by atoms with Crippen LogP contribution in [0, 0.1) is 5.82 Å². The van der Waals surface area contributed by atoms with Crippen molar-refractivity contribution in [2.24, 2.45) is 0 Å². The number of carbonyl (C=O) groups is 2. The quantitative estimate of drug-likeness (QED) is 0.283. The average Bonchev–Trinajstić information content (AvgIpc) is 3.32. The largest absolute Gasteiger partial charge is 0.497 e. The van der Waals surface area contributed by atoms with Crippen molar-refractivity contribution in [1.29, 1.82) is 0 Å². The van der Waals surface area contributed by atoms with E-state index in [1.165, 1.54) is 24.1 Å². The number of rotatable bonds is 9. The lowest BCUT2D eigenvalue weighted by Gasteiger charge is -2.27. The van der Waals surface area contributed by atoms with E-state index in [0.29, 0.717) is 30.9 Å². The minimum absolute atomic E-state index is 0.109. The Labute approximate surface area is 250 Å². The van der Waals surface area contributed by atoms with Crippen molar-refractivity contribution in [3.8, 4) is 22.8 Å². The Morgan fingerprint density at radius 3 is 2.30 bits per heavy atom. The molecule has 1 aliphatic rings. The van der Waals surface area contributed by atoms with Crippen molar-refractivity contribution in [2.45, 2.75) is 13.0 Å². The molecule has 10 heteroatoms. The molecule has 2 amide bonds. The number of anilines is 1. The zero-order chi connectivity index (χ0) is 30.2. The molecule has 43 heavy (non-hydrogen) atoms. The summed E-state index contributed by atoms with van der Waals surface area (Å²) in [5.41, 5.74) is 2.80. The number of amides is 2. The number of hydrogen-bond donors (Lipinski definition) is 0. The predicted molar refractivity (Wildman–Crippen MR) is 162 cm³/mol. The fourth-order valence-electron chi connectivity index (χ4n) is 5.04. The summed E-state index contributed by atoms with van der Waals surface area (Å²) in [5, 5.41) is 8.89. The number of halogens is 1. The smallest absolute Gasteiger partial charge is 0.254 e. The van der Waals surface area contributed by atoms with Crippen molar-refractivity contribution >= 4 is 17.6 Å². The summed E-state index contributed by atoms with van der Waals surface area (Å²) in [7, 11) is 3.16. The molecule has 9 nitrogen and oxygen atoms in total. The second-order valence-electron chi connectivity index (χ2n) is 10.2. The van der Waals surface area contributed by atoms with Crippen LogP contribution in [0.1, 0.15) is 22.3 Å². The van der Waals surface area contributed by atoms with Crippen molar-refractivity contribution in [2.75, 3.05) is 51.8 Å². The molecule has 3 aromatic carbocycles. The summed E-state index contributed by atoms with van der Waals surface area (Å²) in [6.45, 7) is 2.40. The Morgan fingerprint density at radius 2 is 1.58 bits per heavy atom. The number of ether oxygens (including phenoxy) is 2. The fourth-order valence-corrected chi connectivity index (χ4v) is 5.04. The maximum Gasteiger partial charge on any atom is 0.254 e. The van der Waals surface area contributed by atoms with Crippen LogP contribution >= 0.6 is 0 Å². The second kappa shape index (κ2) is 13.8. The number of nitrogens with zero attached hydrogens (tertiary/aromatic N) is 5. The summed E-state index contributed by atoms with van der Waals surface area (Å²) in [5.74, 6) is 1.22. The third-order valence-electron chi connectivity index (χ3n) is 7.41. The van der Waals surface area contributed by atoms with E-state index in [-0.39, 0.29) is 30.7 Å². The molecule has 0 unspecified atom stereocenters. The lowest BCUT2D eigenvalue weighted by Crippen LogP contribution is -2.44. The van der Waals surface area contributed by atoms with Gasteiger partial charge in [0.1, 0.15) is 23.9 Å². The Hall–Kier alpha value is -4.99. The van der Waals surface area contributed by atoms with Crippen LogP contribution in [0.4, 0.5) is 10.2 Å². The van der Waals surface area contributed by atoms with Gasteiger partial charge >= 0.3 is 0 Å². The third-order valence-corrected chi connectivity index (χ3v) is 7.41. The normalized spacial score (nSPS) is 13.3. The van der Waals surface area contributed by atoms with Gasteiger partial charge in [-0.2, -0.15) is 0 Å². The molecule has 5 rings (SSSR count). The van der Waals surface area contributed by atoms with Gasteiger partial charge in [-0.1, -0.05) is 30.3 Å². The SMILES string of the molecule is COc1cccc(C(=O)N(CC(=O)N2CCCN(c3ccc(-c4cccc(OC)c4)nn3)CC2)Cc2ccc(F)cc2)c1. The topological polar surface area (TPSA) is 88.1 Å². The first kappa shape index (κ1) is 29.5. The van der Waals surface area contributed by atoms with Crippen molar-refractivity contribution in [3.05, 3.63) is 102 Å². The summed E-state index contributed by atoms with van der Waals surface area (Å²) >= 11 is 0. The van der Waals surface area contributed by atoms with E-state index in [4.69, 9.17) is 9.47 Å². The highest BCUT2D eigenvalue weighted by atomic mass is 19.1. The Kier molecular flexibility index (Phi) is 9.46. The van der Waals surface area contributed by atoms with Crippen LogP contribution in [0.3, 0.4) is 0 Å². The molecule has 0 aliphatic carbocycles. The molecule has 0 bridgehead atoms. The first-order valence-corrected chi connectivity index (χ1v) is 14.1.